The van der Waals surface area contributed by atoms with Crippen LogP contribution in [0.2, 0.25) is 0 Å². The van der Waals surface area contributed by atoms with Crippen molar-refractivity contribution in [2.24, 2.45) is 0 Å². The third-order valence-electron chi connectivity index (χ3n) is 3.74. The van der Waals surface area contributed by atoms with Crippen LogP contribution in [0.3, 0.4) is 0 Å². The SMILES string of the molecule is CCCn1nncc1C(NCC)c1cccc(C)c1C. The molecule has 0 aliphatic carbocycles. The van der Waals surface area contributed by atoms with E-state index in [0.717, 1.165) is 25.2 Å². The molecule has 0 fully saturated rings. The van der Waals surface area contributed by atoms with Gasteiger partial charge in [-0.15, -0.1) is 5.10 Å². The highest BCUT2D eigenvalue weighted by Crippen LogP contribution is 2.26. The number of rotatable bonds is 6. The summed E-state index contributed by atoms with van der Waals surface area (Å²) < 4.78 is 2.01. The summed E-state index contributed by atoms with van der Waals surface area (Å²) >= 11 is 0. The van der Waals surface area contributed by atoms with Crippen LogP contribution in [0.4, 0.5) is 0 Å². The Morgan fingerprint density at radius 2 is 2.05 bits per heavy atom. The molecule has 0 radical (unpaired) electrons. The van der Waals surface area contributed by atoms with Gasteiger partial charge >= 0.3 is 0 Å². The summed E-state index contributed by atoms with van der Waals surface area (Å²) in [5.41, 5.74) is 5.11. The van der Waals surface area contributed by atoms with Crippen LogP contribution >= 0.6 is 0 Å². The lowest BCUT2D eigenvalue weighted by Gasteiger charge is -2.21. The summed E-state index contributed by atoms with van der Waals surface area (Å²) in [5, 5.41) is 11.9. The molecular weight excluding hydrogens is 248 g/mol. The Kier molecular flexibility index (Phi) is 4.90. The maximum atomic E-state index is 4.21. The summed E-state index contributed by atoms with van der Waals surface area (Å²) in [7, 11) is 0. The van der Waals surface area contributed by atoms with Crippen LogP contribution in [0, 0.1) is 13.8 Å². The van der Waals surface area contributed by atoms with E-state index in [1.54, 1.807) is 0 Å². The normalized spacial score (nSPS) is 12.6. The van der Waals surface area contributed by atoms with E-state index in [1.165, 1.54) is 16.7 Å². The van der Waals surface area contributed by atoms with E-state index in [0.29, 0.717) is 0 Å². The van der Waals surface area contributed by atoms with E-state index < -0.39 is 0 Å². The molecule has 0 spiro atoms. The molecule has 0 saturated heterocycles. The fourth-order valence-electron chi connectivity index (χ4n) is 2.54. The molecule has 1 aromatic carbocycles. The van der Waals surface area contributed by atoms with Gasteiger partial charge in [0, 0.05) is 6.54 Å². The molecule has 0 aliphatic rings. The van der Waals surface area contributed by atoms with Gasteiger partial charge in [-0.1, -0.05) is 37.3 Å². The van der Waals surface area contributed by atoms with Crippen LogP contribution in [-0.4, -0.2) is 21.5 Å². The highest BCUT2D eigenvalue weighted by atomic mass is 15.4. The van der Waals surface area contributed by atoms with Gasteiger partial charge in [0.2, 0.25) is 0 Å². The fraction of sp³-hybridized carbons (Fsp3) is 0.500. The minimum Gasteiger partial charge on any atom is -0.305 e. The van der Waals surface area contributed by atoms with Crippen molar-refractivity contribution >= 4 is 0 Å². The molecule has 1 atom stereocenters. The lowest BCUT2D eigenvalue weighted by atomic mass is 9.95. The van der Waals surface area contributed by atoms with E-state index in [1.807, 2.05) is 10.9 Å². The first-order valence-electron chi connectivity index (χ1n) is 7.36. The Labute approximate surface area is 121 Å². The van der Waals surface area contributed by atoms with Gasteiger partial charge in [-0.05, 0) is 43.5 Å². The maximum absolute atomic E-state index is 4.21. The topological polar surface area (TPSA) is 42.7 Å². The quantitative estimate of drug-likeness (QED) is 0.879. The third-order valence-corrected chi connectivity index (χ3v) is 3.74. The Morgan fingerprint density at radius 3 is 2.75 bits per heavy atom. The number of aryl methyl sites for hydroxylation is 2. The van der Waals surface area contributed by atoms with Gasteiger partial charge in [0.1, 0.15) is 0 Å². The van der Waals surface area contributed by atoms with Crippen LogP contribution in [0.15, 0.2) is 24.4 Å². The molecular formula is C16H24N4. The summed E-state index contributed by atoms with van der Waals surface area (Å²) in [6, 6.07) is 6.62. The average Bonchev–Trinajstić information content (AvgIpc) is 2.88. The summed E-state index contributed by atoms with van der Waals surface area (Å²) in [6.45, 7) is 10.4. The van der Waals surface area contributed by atoms with Crippen LogP contribution in [0.1, 0.15) is 48.7 Å². The average molecular weight is 272 g/mol. The Bertz CT molecular complexity index is 559. The molecule has 0 aliphatic heterocycles. The van der Waals surface area contributed by atoms with Crippen molar-refractivity contribution in [3.63, 3.8) is 0 Å². The second-order valence-corrected chi connectivity index (χ2v) is 5.16. The number of benzene rings is 1. The molecule has 2 aromatic rings. The minimum absolute atomic E-state index is 0.154. The van der Waals surface area contributed by atoms with Gasteiger partial charge < -0.3 is 5.32 Å². The maximum Gasteiger partial charge on any atom is 0.0802 e. The van der Waals surface area contributed by atoms with Crippen molar-refractivity contribution in [2.75, 3.05) is 6.54 Å². The van der Waals surface area contributed by atoms with Crippen molar-refractivity contribution in [3.05, 3.63) is 46.8 Å². The first-order chi connectivity index (χ1) is 9.69. The number of aromatic nitrogens is 3. The van der Waals surface area contributed by atoms with Crippen molar-refractivity contribution in [2.45, 2.75) is 46.7 Å². The first-order valence-corrected chi connectivity index (χ1v) is 7.36. The molecule has 2 rings (SSSR count). The van der Waals surface area contributed by atoms with Gasteiger partial charge in [0.25, 0.3) is 0 Å². The zero-order valence-electron chi connectivity index (χ0n) is 12.8. The molecule has 20 heavy (non-hydrogen) atoms. The fourth-order valence-corrected chi connectivity index (χ4v) is 2.54. The Hall–Kier alpha value is -1.68. The van der Waals surface area contributed by atoms with Crippen molar-refractivity contribution in [1.29, 1.82) is 0 Å². The van der Waals surface area contributed by atoms with Crippen LogP contribution in [-0.2, 0) is 6.54 Å². The molecule has 108 valence electrons. The second-order valence-electron chi connectivity index (χ2n) is 5.16. The molecule has 1 N–H and O–H groups in total. The minimum atomic E-state index is 0.154. The standard InChI is InChI=1S/C16H24N4/c1-5-10-20-15(11-18-19-20)16(17-6-2)14-9-7-8-12(3)13(14)4/h7-9,11,16-17H,5-6,10H2,1-4H3. The highest BCUT2D eigenvalue weighted by Gasteiger charge is 2.20. The van der Waals surface area contributed by atoms with Crippen molar-refractivity contribution in [3.8, 4) is 0 Å². The largest absolute Gasteiger partial charge is 0.305 e. The van der Waals surface area contributed by atoms with Crippen molar-refractivity contribution in [1.82, 2.24) is 20.3 Å². The zero-order valence-corrected chi connectivity index (χ0v) is 12.8. The zero-order chi connectivity index (χ0) is 14.5. The summed E-state index contributed by atoms with van der Waals surface area (Å²) in [5.74, 6) is 0. The van der Waals surface area contributed by atoms with E-state index >= 15 is 0 Å². The van der Waals surface area contributed by atoms with E-state index in [2.05, 4.69) is 61.5 Å². The number of nitrogens with zero attached hydrogens (tertiary/aromatic N) is 3. The van der Waals surface area contributed by atoms with Gasteiger partial charge in [-0.25, -0.2) is 4.68 Å². The molecule has 4 heteroatoms. The summed E-state index contributed by atoms with van der Waals surface area (Å²) in [6.07, 6.45) is 2.94. The molecule has 1 heterocycles. The van der Waals surface area contributed by atoms with Gasteiger partial charge in [0.05, 0.1) is 17.9 Å². The molecule has 0 saturated carbocycles. The number of hydrogen-bond donors (Lipinski definition) is 1. The second kappa shape index (κ2) is 6.66. The predicted octanol–water partition coefficient (Wildman–Crippen LogP) is 3.00. The smallest absolute Gasteiger partial charge is 0.0802 e. The van der Waals surface area contributed by atoms with E-state index in [4.69, 9.17) is 0 Å². The molecule has 1 unspecified atom stereocenters. The molecule has 0 bridgehead atoms. The third kappa shape index (κ3) is 2.90. The van der Waals surface area contributed by atoms with Crippen LogP contribution in [0.25, 0.3) is 0 Å². The van der Waals surface area contributed by atoms with Gasteiger partial charge in [0.15, 0.2) is 0 Å². The Balaban J connectivity index is 2.45. The first kappa shape index (κ1) is 14.7. The summed E-state index contributed by atoms with van der Waals surface area (Å²) in [4.78, 5) is 0. The molecule has 4 nitrogen and oxygen atoms in total. The van der Waals surface area contributed by atoms with Crippen molar-refractivity contribution < 1.29 is 0 Å². The monoisotopic (exact) mass is 272 g/mol. The van der Waals surface area contributed by atoms with Crippen LogP contribution < -0.4 is 5.32 Å². The lowest BCUT2D eigenvalue weighted by molar-refractivity contribution is 0.510. The Morgan fingerprint density at radius 1 is 1.25 bits per heavy atom. The van der Waals surface area contributed by atoms with Gasteiger partial charge in [-0.3, -0.25) is 0 Å². The number of hydrogen-bond acceptors (Lipinski definition) is 3. The van der Waals surface area contributed by atoms with Gasteiger partial charge in [-0.2, -0.15) is 0 Å². The van der Waals surface area contributed by atoms with E-state index in [-0.39, 0.29) is 6.04 Å². The van der Waals surface area contributed by atoms with E-state index in [9.17, 15) is 0 Å². The lowest BCUT2D eigenvalue weighted by Crippen LogP contribution is -2.25. The highest BCUT2D eigenvalue weighted by molar-refractivity contribution is 5.38. The predicted molar refractivity (Wildman–Crippen MR) is 81.7 cm³/mol. The molecule has 0 amide bonds. The van der Waals surface area contributed by atoms with Crippen LogP contribution in [0.5, 0.6) is 0 Å². The molecule has 1 aromatic heterocycles. The number of nitrogens with one attached hydrogen (secondary N) is 1.